The van der Waals surface area contributed by atoms with E-state index in [-0.39, 0.29) is 6.61 Å². The van der Waals surface area contributed by atoms with Crippen molar-refractivity contribution in [2.45, 2.75) is 45.6 Å². The summed E-state index contributed by atoms with van der Waals surface area (Å²) in [4.78, 5) is 23.0. The number of carbonyl (C=O) groups is 2. The Balaban J connectivity index is 2.33. The second-order valence-corrected chi connectivity index (χ2v) is 5.00. The van der Waals surface area contributed by atoms with Crippen LogP contribution in [-0.4, -0.2) is 31.1 Å². The number of nitrogens with two attached hydrogens (primary N) is 1. The summed E-state index contributed by atoms with van der Waals surface area (Å²) < 4.78 is 4.71. The molecule has 1 aliphatic carbocycles. The van der Waals surface area contributed by atoms with E-state index in [0.29, 0.717) is 18.4 Å². The van der Waals surface area contributed by atoms with Crippen molar-refractivity contribution in [2.24, 2.45) is 17.6 Å². The molecule has 1 aliphatic rings. The van der Waals surface area contributed by atoms with Crippen molar-refractivity contribution in [3.05, 3.63) is 0 Å². The van der Waals surface area contributed by atoms with E-state index < -0.39 is 17.9 Å². The number of rotatable bonds is 5. The fraction of sp³-hybridized carbons (Fsp3) is 0.846. The van der Waals surface area contributed by atoms with Crippen LogP contribution in [0, 0.1) is 11.8 Å². The van der Waals surface area contributed by atoms with Gasteiger partial charge < -0.3 is 15.8 Å². The number of ether oxygens (including phenoxy) is 1. The van der Waals surface area contributed by atoms with Crippen LogP contribution in [-0.2, 0) is 14.3 Å². The molecule has 104 valence electrons. The highest BCUT2D eigenvalue weighted by atomic mass is 16.5. The van der Waals surface area contributed by atoms with Crippen molar-refractivity contribution >= 4 is 11.9 Å². The fourth-order valence-corrected chi connectivity index (χ4v) is 2.38. The average Bonchev–Trinajstić information content (AvgIpc) is 2.36. The lowest BCUT2D eigenvalue weighted by molar-refractivity contribution is -0.148. The molecular formula is C13H24N2O3. The molecule has 18 heavy (non-hydrogen) atoms. The van der Waals surface area contributed by atoms with Gasteiger partial charge in [0, 0.05) is 6.54 Å². The van der Waals surface area contributed by atoms with Gasteiger partial charge in [-0.2, -0.15) is 0 Å². The lowest BCUT2D eigenvalue weighted by Crippen LogP contribution is -2.48. The summed E-state index contributed by atoms with van der Waals surface area (Å²) in [5, 5.41) is 2.76. The predicted octanol–water partition coefficient (Wildman–Crippen LogP) is 0.819. The van der Waals surface area contributed by atoms with Gasteiger partial charge in [0.25, 0.3) is 0 Å². The second kappa shape index (κ2) is 7.36. The van der Waals surface area contributed by atoms with E-state index in [9.17, 15) is 9.59 Å². The maximum absolute atomic E-state index is 11.7. The lowest BCUT2D eigenvalue weighted by atomic mass is 9.80. The standard InChI is InChI=1S/C13H24N2O3/c1-3-18-13(17)11(14)12(16)15-8-10-7-5-4-6-9(10)2/h9-11H,3-8,14H2,1-2H3,(H,15,16). The first-order valence-electron chi connectivity index (χ1n) is 6.76. The van der Waals surface area contributed by atoms with Crippen LogP contribution in [0.4, 0.5) is 0 Å². The molecule has 3 atom stereocenters. The molecule has 1 saturated carbocycles. The molecular weight excluding hydrogens is 232 g/mol. The monoisotopic (exact) mass is 256 g/mol. The van der Waals surface area contributed by atoms with Crippen LogP contribution in [0.1, 0.15) is 39.5 Å². The van der Waals surface area contributed by atoms with Gasteiger partial charge in [0.05, 0.1) is 6.61 Å². The molecule has 0 aromatic carbocycles. The van der Waals surface area contributed by atoms with Crippen molar-refractivity contribution < 1.29 is 14.3 Å². The number of nitrogens with one attached hydrogen (secondary N) is 1. The number of esters is 1. The summed E-state index contributed by atoms with van der Waals surface area (Å²) in [5.41, 5.74) is 5.51. The van der Waals surface area contributed by atoms with E-state index in [1.165, 1.54) is 19.3 Å². The maximum Gasteiger partial charge on any atom is 0.332 e. The van der Waals surface area contributed by atoms with E-state index in [0.717, 1.165) is 6.42 Å². The Kier molecular flexibility index (Phi) is 6.12. The Hall–Kier alpha value is -1.10. The summed E-state index contributed by atoms with van der Waals surface area (Å²) in [6.07, 6.45) is 4.84. The first kappa shape index (κ1) is 15.0. The van der Waals surface area contributed by atoms with Crippen LogP contribution in [0.3, 0.4) is 0 Å². The third-order valence-corrected chi connectivity index (χ3v) is 3.65. The van der Waals surface area contributed by atoms with Crippen LogP contribution in [0.5, 0.6) is 0 Å². The molecule has 1 fully saturated rings. The summed E-state index contributed by atoms with van der Waals surface area (Å²) in [6, 6.07) is -1.20. The van der Waals surface area contributed by atoms with Gasteiger partial charge in [-0.1, -0.05) is 26.2 Å². The molecule has 0 radical (unpaired) electrons. The summed E-state index contributed by atoms with van der Waals surface area (Å²) >= 11 is 0. The molecule has 1 amide bonds. The average molecular weight is 256 g/mol. The number of hydrogen-bond acceptors (Lipinski definition) is 4. The zero-order valence-corrected chi connectivity index (χ0v) is 11.3. The molecule has 3 N–H and O–H groups in total. The fourth-order valence-electron chi connectivity index (χ4n) is 2.38. The molecule has 0 aromatic rings. The molecule has 0 aliphatic heterocycles. The number of carbonyl (C=O) groups excluding carboxylic acids is 2. The quantitative estimate of drug-likeness (QED) is 0.563. The Labute approximate surface area is 108 Å². The highest BCUT2D eigenvalue weighted by molar-refractivity contribution is 6.01. The van der Waals surface area contributed by atoms with E-state index in [1.54, 1.807) is 6.92 Å². The van der Waals surface area contributed by atoms with Crippen LogP contribution in [0.25, 0.3) is 0 Å². The minimum absolute atomic E-state index is 0.236. The Bertz CT molecular complexity index is 294. The summed E-state index contributed by atoms with van der Waals surface area (Å²) in [6.45, 7) is 4.74. The Morgan fingerprint density at radius 3 is 2.67 bits per heavy atom. The Morgan fingerprint density at radius 1 is 1.39 bits per heavy atom. The minimum Gasteiger partial charge on any atom is -0.464 e. The van der Waals surface area contributed by atoms with Crippen LogP contribution in [0.2, 0.25) is 0 Å². The molecule has 5 nitrogen and oxygen atoms in total. The van der Waals surface area contributed by atoms with Gasteiger partial charge >= 0.3 is 5.97 Å². The third kappa shape index (κ3) is 4.29. The smallest absolute Gasteiger partial charge is 0.332 e. The van der Waals surface area contributed by atoms with E-state index in [1.807, 2.05) is 0 Å². The first-order chi connectivity index (χ1) is 8.56. The van der Waals surface area contributed by atoms with Gasteiger partial charge in [0.2, 0.25) is 5.91 Å². The second-order valence-electron chi connectivity index (χ2n) is 5.00. The van der Waals surface area contributed by atoms with Crippen LogP contribution in [0.15, 0.2) is 0 Å². The van der Waals surface area contributed by atoms with Gasteiger partial charge in [-0.15, -0.1) is 0 Å². The normalized spacial score (nSPS) is 25.3. The summed E-state index contributed by atoms with van der Waals surface area (Å²) in [5.74, 6) is 0.0212. The van der Waals surface area contributed by atoms with Crippen molar-refractivity contribution in [1.82, 2.24) is 5.32 Å². The molecule has 0 saturated heterocycles. The SMILES string of the molecule is CCOC(=O)C(N)C(=O)NCC1CCCCC1C. The van der Waals surface area contributed by atoms with Crippen molar-refractivity contribution in [2.75, 3.05) is 13.2 Å². The van der Waals surface area contributed by atoms with E-state index in [4.69, 9.17) is 10.5 Å². The van der Waals surface area contributed by atoms with Gasteiger partial charge in [-0.05, 0) is 25.2 Å². The van der Waals surface area contributed by atoms with E-state index >= 15 is 0 Å². The van der Waals surface area contributed by atoms with Crippen LogP contribution >= 0.6 is 0 Å². The highest BCUT2D eigenvalue weighted by Gasteiger charge is 2.26. The molecule has 0 spiro atoms. The molecule has 0 heterocycles. The topological polar surface area (TPSA) is 81.4 Å². The zero-order valence-electron chi connectivity index (χ0n) is 11.3. The lowest BCUT2D eigenvalue weighted by Gasteiger charge is -2.29. The van der Waals surface area contributed by atoms with Gasteiger partial charge in [0.15, 0.2) is 6.04 Å². The highest BCUT2D eigenvalue weighted by Crippen LogP contribution is 2.28. The van der Waals surface area contributed by atoms with Gasteiger partial charge in [-0.3, -0.25) is 4.79 Å². The molecule has 5 heteroatoms. The zero-order chi connectivity index (χ0) is 13.5. The Morgan fingerprint density at radius 2 is 2.06 bits per heavy atom. The van der Waals surface area contributed by atoms with Crippen molar-refractivity contribution in [3.8, 4) is 0 Å². The first-order valence-corrected chi connectivity index (χ1v) is 6.76. The number of amides is 1. The largest absolute Gasteiger partial charge is 0.464 e. The third-order valence-electron chi connectivity index (χ3n) is 3.65. The van der Waals surface area contributed by atoms with Gasteiger partial charge in [-0.25, -0.2) is 4.79 Å². The minimum atomic E-state index is -1.20. The molecule has 0 aromatic heterocycles. The van der Waals surface area contributed by atoms with Gasteiger partial charge in [0.1, 0.15) is 0 Å². The van der Waals surface area contributed by atoms with E-state index in [2.05, 4.69) is 12.2 Å². The number of hydrogen-bond donors (Lipinski definition) is 2. The molecule has 1 rings (SSSR count). The summed E-state index contributed by atoms with van der Waals surface area (Å²) in [7, 11) is 0. The van der Waals surface area contributed by atoms with Crippen LogP contribution < -0.4 is 11.1 Å². The van der Waals surface area contributed by atoms with Crippen molar-refractivity contribution in [3.63, 3.8) is 0 Å². The predicted molar refractivity (Wildman–Crippen MR) is 68.7 cm³/mol. The molecule has 3 unspecified atom stereocenters. The molecule has 0 bridgehead atoms. The maximum atomic E-state index is 11.7. The van der Waals surface area contributed by atoms with Crippen molar-refractivity contribution in [1.29, 1.82) is 0 Å².